The lowest BCUT2D eigenvalue weighted by Gasteiger charge is -1.99. The van der Waals surface area contributed by atoms with Crippen LogP contribution in [-0.2, 0) is 4.79 Å². The average Bonchev–Trinajstić information content (AvgIpc) is 2.74. The first-order valence-corrected chi connectivity index (χ1v) is 4.62. The third-order valence-corrected chi connectivity index (χ3v) is 1.92. The highest BCUT2D eigenvalue weighted by Gasteiger charge is 2.20. The van der Waals surface area contributed by atoms with Crippen LogP contribution in [0.3, 0.4) is 0 Å². The molecule has 0 amide bonds. The predicted octanol–water partition coefficient (Wildman–Crippen LogP) is 0.905. The lowest BCUT2D eigenvalue weighted by atomic mass is 10.2. The Morgan fingerprint density at radius 1 is 1.36 bits per heavy atom. The number of aliphatic carboxylic acids is 1. The van der Waals surface area contributed by atoms with Gasteiger partial charge in [0, 0.05) is 12.4 Å². The lowest BCUT2D eigenvalue weighted by Crippen LogP contribution is -2.29. The zero-order valence-electron chi connectivity index (χ0n) is 7.89. The Kier molecular flexibility index (Phi) is 4.64. The molecule has 0 aliphatic carbocycles. The molecule has 0 saturated carbocycles. The van der Waals surface area contributed by atoms with Gasteiger partial charge in [-0.25, -0.2) is 0 Å². The van der Waals surface area contributed by atoms with Crippen LogP contribution in [0.4, 0.5) is 0 Å². The smallest absolute Gasteiger partial charge is 0.320 e. The van der Waals surface area contributed by atoms with Crippen LogP contribution in [0, 0.1) is 0 Å². The Bertz CT molecular complexity index is 231. The van der Waals surface area contributed by atoms with Crippen molar-refractivity contribution in [2.75, 3.05) is 6.54 Å². The molecule has 1 aliphatic rings. The van der Waals surface area contributed by atoms with E-state index in [-0.39, 0.29) is 6.04 Å². The maximum absolute atomic E-state index is 10.1. The van der Waals surface area contributed by atoms with Gasteiger partial charge in [0.25, 0.3) is 0 Å². The standard InChI is InChI=1S/C5H9NO2.C5H5N/c7-5(8)4-2-1-3-6-4;1-2-4-6-5-3-1/h4,6H,1-3H2,(H,7,8);1-5H/t4-;/m0./s1. The molecule has 0 aromatic carbocycles. The molecule has 4 nitrogen and oxygen atoms in total. The van der Waals surface area contributed by atoms with E-state index in [9.17, 15) is 4.79 Å². The zero-order chi connectivity index (χ0) is 10.2. The van der Waals surface area contributed by atoms with E-state index in [0.29, 0.717) is 0 Å². The highest BCUT2D eigenvalue weighted by atomic mass is 16.4. The molecule has 2 rings (SSSR count). The molecule has 0 radical (unpaired) electrons. The molecule has 14 heavy (non-hydrogen) atoms. The highest BCUT2D eigenvalue weighted by molar-refractivity contribution is 5.73. The van der Waals surface area contributed by atoms with Gasteiger partial charge in [-0.15, -0.1) is 0 Å². The maximum Gasteiger partial charge on any atom is 0.320 e. The van der Waals surface area contributed by atoms with Crippen molar-refractivity contribution in [3.63, 3.8) is 0 Å². The average molecular weight is 194 g/mol. The molecule has 4 heteroatoms. The molecule has 1 atom stereocenters. The summed E-state index contributed by atoms with van der Waals surface area (Å²) < 4.78 is 0. The van der Waals surface area contributed by atoms with E-state index in [2.05, 4.69) is 10.3 Å². The molecule has 2 N–H and O–H groups in total. The van der Waals surface area contributed by atoms with Crippen molar-refractivity contribution in [3.05, 3.63) is 30.6 Å². The molecular weight excluding hydrogens is 180 g/mol. The van der Waals surface area contributed by atoms with Crippen LogP contribution in [0.2, 0.25) is 0 Å². The summed E-state index contributed by atoms with van der Waals surface area (Å²) in [5.74, 6) is -0.720. The first kappa shape index (κ1) is 10.7. The largest absolute Gasteiger partial charge is 0.480 e. The summed E-state index contributed by atoms with van der Waals surface area (Å²) in [7, 11) is 0. The molecule has 1 aromatic heterocycles. The topological polar surface area (TPSA) is 62.2 Å². The zero-order valence-corrected chi connectivity index (χ0v) is 7.89. The lowest BCUT2D eigenvalue weighted by molar-refractivity contribution is -0.139. The van der Waals surface area contributed by atoms with Crippen molar-refractivity contribution in [1.29, 1.82) is 0 Å². The van der Waals surface area contributed by atoms with Gasteiger partial charge in [-0.1, -0.05) is 6.07 Å². The summed E-state index contributed by atoms with van der Waals surface area (Å²) in [4.78, 5) is 13.9. The van der Waals surface area contributed by atoms with Crippen molar-refractivity contribution in [2.24, 2.45) is 0 Å². The van der Waals surface area contributed by atoms with E-state index in [0.717, 1.165) is 19.4 Å². The van der Waals surface area contributed by atoms with Gasteiger partial charge in [-0.2, -0.15) is 0 Å². The third kappa shape index (κ3) is 4.00. The van der Waals surface area contributed by atoms with Gasteiger partial charge in [-0.3, -0.25) is 9.78 Å². The second-order valence-corrected chi connectivity index (χ2v) is 3.01. The van der Waals surface area contributed by atoms with E-state index < -0.39 is 5.97 Å². The van der Waals surface area contributed by atoms with Crippen LogP contribution in [0.25, 0.3) is 0 Å². The number of nitrogens with one attached hydrogen (secondary N) is 1. The molecule has 76 valence electrons. The van der Waals surface area contributed by atoms with Crippen molar-refractivity contribution in [2.45, 2.75) is 18.9 Å². The molecule has 0 spiro atoms. The van der Waals surface area contributed by atoms with E-state index in [4.69, 9.17) is 5.11 Å². The van der Waals surface area contributed by atoms with Gasteiger partial charge in [0.2, 0.25) is 0 Å². The number of carboxylic acids is 1. The van der Waals surface area contributed by atoms with Crippen molar-refractivity contribution < 1.29 is 9.90 Å². The minimum absolute atomic E-state index is 0.269. The molecule has 1 fully saturated rings. The monoisotopic (exact) mass is 194 g/mol. The predicted molar refractivity (Wildman–Crippen MR) is 52.9 cm³/mol. The number of nitrogens with zero attached hydrogens (tertiary/aromatic N) is 1. The summed E-state index contributed by atoms with van der Waals surface area (Å²) in [6.45, 7) is 0.858. The van der Waals surface area contributed by atoms with Crippen LogP contribution in [-0.4, -0.2) is 28.6 Å². The Morgan fingerprint density at radius 2 is 2.07 bits per heavy atom. The fourth-order valence-electron chi connectivity index (χ4n) is 1.21. The van der Waals surface area contributed by atoms with Crippen molar-refractivity contribution >= 4 is 5.97 Å². The molecule has 1 aromatic rings. The summed E-state index contributed by atoms with van der Waals surface area (Å²) >= 11 is 0. The SMILES string of the molecule is O=C(O)[C@@H]1CCCN1.c1ccncc1. The van der Waals surface area contributed by atoms with Crippen LogP contribution in [0.1, 0.15) is 12.8 Å². The molecule has 0 unspecified atom stereocenters. The van der Waals surface area contributed by atoms with Crippen LogP contribution in [0.5, 0.6) is 0 Å². The number of carbonyl (C=O) groups is 1. The minimum atomic E-state index is -0.720. The first-order chi connectivity index (χ1) is 6.80. The Balaban J connectivity index is 0.000000146. The van der Waals surface area contributed by atoms with Crippen molar-refractivity contribution in [3.8, 4) is 0 Å². The Labute approximate surface area is 83.0 Å². The Hall–Kier alpha value is -1.42. The third-order valence-electron chi connectivity index (χ3n) is 1.92. The van der Waals surface area contributed by atoms with Gasteiger partial charge in [0.1, 0.15) is 6.04 Å². The summed E-state index contributed by atoms with van der Waals surface area (Å²) in [6, 6.07) is 5.45. The molecule has 2 heterocycles. The van der Waals surface area contributed by atoms with E-state index in [1.807, 2.05) is 18.2 Å². The van der Waals surface area contributed by atoms with Crippen LogP contribution < -0.4 is 5.32 Å². The number of aromatic nitrogens is 1. The van der Waals surface area contributed by atoms with E-state index in [1.54, 1.807) is 12.4 Å². The number of pyridine rings is 1. The number of hydrogen-bond donors (Lipinski definition) is 2. The van der Waals surface area contributed by atoms with Gasteiger partial charge >= 0.3 is 5.97 Å². The van der Waals surface area contributed by atoms with Crippen LogP contribution >= 0.6 is 0 Å². The molecule has 1 saturated heterocycles. The fraction of sp³-hybridized carbons (Fsp3) is 0.400. The normalized spacial score (nSPS) is 19.6. The molecular formula is C10H14N2O2. The van der Waals surface area contributed by atoms with Crippen molar-refractivity contribution in [1.82, 2.24) is 10.3 Å². The quantitative estimate of drug-likeness (QED) is 0.697. The first-order valence-electron chi connectivity index (χ1n) is 4.62. The van der Waals surface area contributed by atoms with E-state index in [1.165, 1.54) is 0 Å². The Morgan fingerprint density at radius 3 is 2.29 bits per heavy atom. The second kappa shape index (κ2) is 6.10. The van der Waals surface area contributed by atoms with Gasteiger partial charge in [0.05, 0.1) is 0 Å². The maximum atomic E-state index is 10.1. The highest BCUT2D eigenvalue weighted by Crippen LogP contribution is 2.03. The minimum Gasteiger partial charge on any atom is -0.480 e. The summed E-state index contributed by atoms with van der Waals surface area (Å²) in [5, 5.41) is 11.2. The number of rotatable bonds is 1. The fourth-order valence-corrected chi connectivity index (χ4v) is 1.21. The van der Waals surface area contributed by atoms with Crippen LogP contribution in [0.15, 0.2) is 30.6 Å². The molecule has 1 aliphatic heterocycles. The number of hydrogen-bond acceptors (Lipinski definition) is 3. The second-order valence-electron chi connectivity index (χ2n) is 3.01. The van der Waals surface area contributed by atoms with Gasteiger partial charge in [-0.05, 0) is 31.5 Å². The number of carboxylic acid groups (broad SMARTS) is 1. The van der Waals surface area contributed by atoms with Gasteiger partial charge in [0.15, 0.2) is 0 Å². The summed E-state index contributed by atoms with van der Waals surface area (Å²) in [6.07, 6.45) is 5.28. The van der Waals surface area contributed by atoms with E-state index >= 15 is 0 Å². The summed E-state index contributed by atoms with van der Waals surface area (Å²) in [5.41, 5.74) is 0. The molecule has 0 bridgehead atoms. The van der Waals surface area contributed by atoms with Gasteiger partial charge < -0.3 is 10.4 Å².